The Morgan fingerprint density at radius 3 is 2.76 bits per heavy atom. The Balaban J connectivity index is 1.67. The molecule has 4 aromatic rings. The predicted molar refractivity (Wildman–Crippen MR) is 103 cm³/mol. The molecular weight excluding hydrogens is 421 g/mol. The van der Waals surface area contributed by atoms with Crippen LogP contribution in [0, 0.1) is 5.82 Å². The normalized spacial score (nSPS) is 12.9. The Hall–Kier alpha value is -3.00. The molecule has 0 aliphatic heterocycles. The molecular formula is C16H14FN7O3S2. The minimum absolute atomic E-state index is 0.0437. The number of sulfonamides is 1. The molecule has 4 rings (SSSR count). The van der Waals surface area contributed by atoms with E-state index in [0.29, 0.717) is 27.9 Å². The number of nitrogens with zero attached hydrogens (tertiary/aromatic N) is 5. The minimum atomic E-state index is -3.99. The molecule has 0 saturated heterocycles. The first-order chi connectivity index (χ1) is 13.8. The van der Waals surface area contributed by atoms with E-state index in [1.807, 2.05) is 0 Å². The van der Waals surface area contributed by atoms with Crippen LogP contribution in [0.5, 0.6) is 0 Å². The predicted octanol–water partition coefficient (Wildman–Crippen LogP) is 1.22. The quantitative estimate of drug-likeness (QED) is 0.383. The molecule has 1 unspecified atom stereocenters. The molecule has 3 aromatic heterocycles. The van der Waals surface area contributed by atoms with E-state index in [2.05, 4.69) is 25.6 Å². The monoisotopic (exact) mass is 435 g/mol. The summed E-state index contributed by atoms with van der Waals surface area (Å²) < 4.78 is 37.8. The van der Waals surface area contributed by atoms with Crippen LogP contribution in [0.4, 0.5) is 9.52 Å². The Labute approximate surface area is 167 Å². The summed E-state index contributed by atoms with van der Waals surface area (Å²) in [7, 11) is -3.99. The number of aliphatic hydroxyl groups excluding tert-OH is 1. The molecule has 1 atom stereocenters. The van der Waals surface area contributed by atoms with Gasteiger partial charge in [-0.1, -0.05) is 29.5 Å². The molecule has 29 heavy (non-hydrogen) atoms. The van der Waals surface area contributed by atoms with Crippen LogP contribution in [0.3, 0.4) is 0 Å². The number of anilines is 1. The highest BCUT2D eigenvalue weighted by Gasteiger charge is 2.22. The number of fused-ring (bicyclic) bond motifs is 1. The molecule has 4 N–H and O–H groups in total. The lowest BCUT2D eigenvalue weighted by molar-refractivity contribution is 0.203. The Bertz CT molecular complexity index is 1290. The van der Waals surface area contributed by atoms with E-state index in [1.54, 1.807) is 36.5 Å². The van der Waals surface area contributed by atoms with Gasteiger partial charge in [0.15, 0.2) is 11.9 Å². The second kappa shape index (κ2) is 7.44. The molecule has 0 aliphatic rings. The van der Waals surface area contributed by atoms with Gasteiger partial charge in [-0.3, -0.25) is 0 Å². The molecule has 13 heteroatoms. The van der Waals surface area contributed by atoms with Crippen molar-refractivity contribution in [3.05, 3.63) is 59.7 Å². The molecule has 0 fully saturated rings. The van der Waals surface area contributed by atoms with Crippen LogP contribution in [0.1, 0.15) is 17.5 Å². The highest BCUT2D eigenvalue weighted by atomic mass is 32.2. The first-order valence-corrected chi connectivity index (χ1v) is 10.5. The first-order valence-electron chi connectivity index (χ1n) is 8.18. The van der Waals surface area contributed by atoms with Gasteiger partial charge in [-0.2, -0.15) is 5.10 Å². The van der Waals surface area contributed by atoms with Gasteiger partial charge in [-0.05, 0) is 18.2 Å². The summed E-state index contributed by atoms with van der Waals surface area (Å²) in [5, 5.41) is 30.3. The number of aromatic nitrogens is 5. The third-order valence-corrected chi connectivity index (χ3v) is 6.15. The number of nitrogens with two attached hydrogens (primary N) is 1. The maximum absolute atomic E-state index is 14.0. The van der Waals surface area contributed by atoms with E-state index >= 15 is 0 Å². The van der Waals surface area contributed by atoms with Crippen molar-refractivity contribution in [1.29, 1.82) is 0 Å². The molecule has 0 spiro atoms. The van der Waals surface area contributed by atoms with Gasteiger partial charge in [0, 0.05) is 17.1 Å². The average Bonchev–Trinajstić information content (AvgIpc) is 3.29. The summed E-state index contributed by atoms with van der Waals surface area (Å²) >= 11 is 0.674. The van der Waals surface area contributed by atoms with Crippen LogP contribution >= 0.6 is 11.3 Å². The third kappa shape index (κ3) is 3.93. The number of pyridine rings is 1. The van der Waals surface area contributed by atoms with Gasteiger partial charge in [-0.15, -0.1) is 10.2 Å². The van der Waals surface area contributed by atoms with Gasteiger partial charge in [-0.25, -0.2) is 27.6 Å². The number of hydrogen-bond acceptors (Lipinski definition) is 9. The summed E-state index contributed by atoms with van der Waals surface area (Å²) in [6.45, 7) is 0.112. The molecule has 1 aromatic carbocycles. The first kappa shape index (κ1) is 19.3. The SMILES string of the molecule is NS(=O)(=O)c1nnc(NC(O)c2nn(Cc3ccccc3F)c3ncccc23)s1. The average molecular weight is 435 g/mol. The summed E-state index contributed by atoms with van der Waals surface area (Å²) in [4.78, 5) is 4.27. The van der Waals surface area contributed by atoms with Crippen molar-refractivity contribution in [2.45, 2.75) is 17.1 Å². The van der Waals surface area contributed by atoms with Crippen molar-refractivity contribution in [3.8, 4) is 0 Å². The lowest BCUT2D eigenvalue weighted by Crippen LogP contribution is -2.12. The van der Waals surface area contributed by atoms with Gasteiger partial charge in [0.2, 0.25) is 9.47 Å². The zero-order valence-electron chi connectivity index (χ0n) is 14.6. The number of nitrogens with one attached hydrogen (secondary N) is 1. The van der Waals surface area contributed by atoms with Crippen LogP contribution in [-0.4, -0.2) is 38.5 Å². The number of primary sulfonamides is 1. The number of benzene rings is 1. The Morgan fingerprint density at radius 2 is 2.03 bits per heavy atom. The molecule has 10 nitrogen and oxygen atoms in total. The molecule has 0 amide bonds. The second-order valence-electron chi connectivity index (χ2n) is 5.97. The van der Waals surface area contributed by atoms with Gasteiger partial charge in [0.1, 0.15) is 11.5 Å². The van der Waals surface area contributed by atoms with Crippen molar-refractivity contribution in [1.82, 2.24) is 25.0 Å². The van der Waals surface area contributed by atoms with E-state index in [9.17, 15) is 17.9 Å². The fourth-order valence-electron chi connectivity index (χ4n) is 2.70. The molecule has 0 saturated carbocycles. The molecule has 3 heterocycles. The maximum atomic E-state index is 14.0. The van der Waals surface area contributed by atoms with Crippen LogP contribution in [0.15, 0.2) is 46.9 Å². The van der Waals surface area contributed by atoms with Crippen molar-refractivity contribution in [3.63, 3.8) is 0 Å². The van der Waals surface area contributed by atoms with Crippen LogP contribution in [0.25, 0.3) is 11.0 Å². The van der Waals surface area contributed by atoms with Gasteiger partial charge < -0.3 is 10.4 Å². The fourth-order valence-corrected chi connectivity index (χ4v) is 4.06. The second-order valence-corrected chi connectivity index (χ2v) is 8.69. The van der Waals surface area contributed by atoms with E-state index in [4.69, 9.17) is 5.14 Å². The Kier molecular flexibility index (Phi) is 4.96. The molecule has 0 radical (unpaired) electrons. The number of hydrogen-bond donors (Lipinski definition) is 3. The maximum Gasteiger partial charge on any atom is 0.267 e. The fraction of sp³-hybridized carbons (Fsp3) is 0.125. The molecule has 0 aliphatic carbocycles. The number of rotatable bonds is 6. The van der Waals surface area contributed by atoms with E-state index < -0.39 is 16.3 Å². The standard InChI is InChI=1S/C16H14FN7O3S2/c17-11-6-2-1-4-9(11)8-24-13-10(5-3-7-19-13)12(23-24)14(25)20-15-21-22-16(28-15)29(18,26)27/h1-7,14,25H,8H2,(H,20,21)(H2,18,26,27). The van der Waals surface area contributed by atoms with Gasteiger partial charge in [0.25, 0.3) is 10.0 Å². The highest BCUT2D eigenvalue weighted by molar-refractivity contribution is 7.91. The lowest BCUT2D eigenvalue weighted by Gasteiger charge is -2.09. The Morgan fingerprint density at radius 1 is 1.24 bits per heavy atom. The van der Waals surface area contributed by atoms with Gasteiger partial charge in [0.05, 0.1) is 6.54 Å². The van der Waals surface area contributed by atoms with E-state index in [-0.39, 0.29) is 27.5 Å². The third-order valence-electron chi connectivity index (χ3n) is 3.98. The van der Waals surface area contributed by atoms with Gasteiger partial charge >= 0.3 is 0 Å². The van der Waals surface area contributed by atoms with Crippen LogP contribution in [-0.2, 0) is 16.6 Å². The minimum Gasteiger partial charge on any atom is -0.368 e. The summed E-state index contributed by atoms with van der Waals surface area (Å²) in [5.74, 6) is -0.378. The number of halogens is 1. The lowest BCUT2D eigenvalue weighted by atomic mass is 10.2. The summed E-state index contributed by atoms with van der Waals surface area (Å²) in [6, 6.07) is 9.68. The van der Waals surface area contributed by atoms with Crippen molar-refractivity contribution in [2.24, 2.45) is 5.14 Å². The highest BCUT2D eigenvalue weighted by Crippen LogP contribution is 2.27. The van der Waals surface area contributed by atoms with E-state index in [1.165, 1.54) is 10.7 Å². The van der Waals surface area contributed by atoms with Crippen LogP contribution < -0.4 is 10.5 Å². The van der Waals surface area contributed by atoms with Crippen molar-refractivity contribution < 1.29 is 17.9 Å². The van der Waals surface area contributed by atoms with Crippen molar-refractivity contribution >= 4 is 37.5 Å². The number of aliphatic hydroxyl groups is 1. The van der Waals surface area contributed by atoms with Crippen LogP contribution in [0.2, 0.25) is 0 Å². The summed E-state index contributed by atoms with van der Waals surface area (Å²) in [5.41, 5.74) is 1.09. The zero-order valence-corrected chi connectivity index (χ0v) is 16.2. The largest absolute Gasteiger partial charge is 0.368 e. The molecule has 150 valence electrons. The topological polar surface area (TPSA) is 149 Å². The zero-order chi connectivity index (χ0) is 20.6. The smallest absolute Gasteiger partial charge is 0.267 e. The molecule has 0 bridgehead atoms. The van der Waals surface area contributed by atoms with Crippen molar-refractivity contribution in [2.75, 3.05) is 5.32 Å². The van der Waals surface area contributed by atoms with E-state index in [0.717, 1.165) is 0 Å². The summed E-state index contributed by atoms with van der Waals surface area (Å²) in [6.07, 6.45) is 0.221.